The maximum Gasteiger partial charge on any atom is 0.523 e. The molecule has 4 rings (SSSR count). The van der Waals surface area contributed by atoms with Gasteiger partial charge in [0.15, 0.2) is 9.76 Å². The van der Waals surface area contributed by atoms with Gasteiger partial charge in [-0.15, -0.1) is 0 Å². The van der Waals surface area contributed by atoms with Crippen LogP contribution in [0.5, 0.6) is 5.75 Å². The number of unbranched alkanes of at least 4 members (excludes halogenated alkanes) is 1. The number of rotatable bonds is 14. The summed E-state index contributed by atoms with van der Waals surface area (Å²) in [5.41, 5.74) is -2.09. The van der Waals surface area contributed by atoms with Crippen molar-refractivity contribution in [2.24, 2.45) is 0 Å². The Labute approximate surface area is 266 Å². The van der Waals surface area contributed by atoms with Crippen LogP contribution in [0, 0.1) is 0 Å². The minimum atomic E-state index is -5.84. The predicted octanol–water partition coefficient (Wildman–Crippen LogP) is 8.17. The molecule has 2 atom stereocenters. The van der Waals surface area contributed by atoms with Gasteiger partial charge in [-0.3, -0.25) is 4.18 Å². The standard InChI is InChI=1S/C34H40F3NO5SSi/c1-33(2,3)45-43-31(27-16-19-28(41-4)20-17-27)13-9-8-12-25-14-15-26-18-21-29(38-30(26)22-25)32(23-24-10-6-5-7-11-24)42-44(39,40)34(35,36)37/h5-7,10-11,14-22,31-32H,8-9,12-13,23,45H2,1-4H3. The van der Waals surface area contributed by atoms with Crippen LogP contribution < -0.4 is 4.74 Å². The molecule has 45 heavy (non-hydrogen) atoms. The summed E-state index contributed by atoms with van der Waals surface area (Å²) in [6.45, 7) is 6.61. The average Bonchev–Trinajstić information content (AvgIpc) is 2.99. The van der Waals surface area contributed by atoms with E-state index in [-0.39, 0.29) is 23.3 Å². The zero-order chi connectivity index (χ0) is 32.7. The van der Waals surface area contributed by atoms with Crippen LogP contribution in [0.2, 0.25) is 5.04 Å². The van der Waals surface area contributed by atoms with E-state index in [0.717, 1.165) is 47.9 Å². The molecule has 1 heterocycles. The van der Waals surface area contributed by atoms with E-state index < -0.39 is 31.5 Å². The van der Waals surface area contributed by atoms with Gasteiger partial charge in [-0.2, -0.15) is 21.6 Å². The highest BCUT2D eigenvalue weighted by Gasteiger charge is 2.49. The largest absolute Gasteiger partial charge is 0.523 e. The van der Waals surface area contributed by atoms with Gasteiger partial charge in [0.05, 0.1) is 24.4 Å². The van der Waals surface area contributed by atoms with Crippen molar-refractivity contribution < 1.29 is 34.9 Å². The molecule has 0 aliphatic heterocycles. The molecule has 6 nitrogen and oxygen atoms in total. The summed E-state index contributed by atoms with van der Waals surface area (Å²) in [5.74, 6) is 0.804. The lowest BCUT2D eigenvalue weighted by atomic mass is 10.00. The van der Waals surface area contributed by atoms with Crippen molar-refractivity contribution in [1.29, 1.82) is 0 Å². The van der Waals surface area contributed by atoms with Crippen LogP contribution in [-0.2, 0) is 31.6 Å². The normalized spacial score (nSPS) is 14.2. The molecule has 242 valence electrons. The van der Waals surface area contributed by atoms with E-state index in [0.29, 0.717) is 11.1 Å². The molecule has 0 saturated carbocycles. The number of alkyl halides is 3. The summed E-state index contributed by atoms with van der Waals surface area (Å²) < 4.78 is 80.1. The summed E-state index contributed by atoms with van der Waals surface area (Å²) in [6, 6.07) is 25.7. The second-order valence-corrected chi connectivity index (χ2v) is 16.6. The van der Waals surface area contributed by atoms with Gasteiger partial charge < -0.3 is 9.16 Å². The van der Waals surface area contributed by atoms with E-state index >= 15 is 0 Å². The van der Waals surface area contributed by atoms with Gasteiger partial charge in [-0.05, 0) is 65.3 Å². The van der Waals surface area contributed by atoms with Crippen LogP contribution in [0.3, 0.4) is 0 Å². The number of fused-ring (bicyclic) bond motifs is 1. The molecule has 1 aromatic heterocycles. The zero-order valence-corrected chi connectivity index (χ0v) is 28.2. The highest BCUT2D eigenvalue weighted by atomic mass is 32.2. The lowest BCUT2D eigenvalue weighted by Crippen LogP contribution is -2.28. The molecule has 2 unspecified atom stereocenters. The average molecular weight is 660 g/mol. The number of hydrogen-bond acceptors (Lipinski definition) is 6. The number of methoxy groups -OCH3 is 1. The summed E-state index contributed by atoms with van der Waals surface area (Å²) in [4.78, 5) is 4.57. The topological polar surface area (TPSA) is 74.7 Å². The number of pyridine rings is 1. The van der Waals surface area contributed by atoms with Crippen LogP contribution in [-0.4, -0.2) is 35.8 Å². The first-order chi connectivity index (χ1) is 21.2. The Morgan fingerprint density at radius 2 is 1.53 bits per heavy atom. The van der Waals surface area contributed by atoms with E-state index in [4.69, 9.17) is 13.3 Å². The number of halogens is 3. The van der Waals surface area contributed by atoms with Gasteiger partial charge in [0.25, 0.3) is 0 Å². The molecule has 0 fully saturated rings. The molecule has 0 saturated heterocycles. The highest BCUT2D eigenvalue weighted by molar-refractivity contribution is 7.87. The molecule has 0 bridgehead atoms. The Bertz CT molecular complexity index is 1640. The Morgan fingerprint density at radius 3 is 2.18 bits per heavy atom. The minimum absolute atomic E-state index is 0.0113. The summed E-state index contributed by atoms with van der Waals surface area (Å²) >= 11 is 0. The Balaban J connectivity index is 1.47. The summed E-state index contributed by atoms with van der Waals surface area (Å²) in [5, 5.41) is 0.962. The second kappa shape index (κ2) is 14.9. The maximum absolute atomic E-state index is 13.2. The van der Waals surface area contributed by atoms with E-state index in [9.17, 15) is 21.6 Å². The summed E-state index contributed by atoms with van der Waals surface area (Å²) in [6.07, 6.45) is 1.96. The van der Waals surface area contributed by atoms with Gasteiger partial charge in [0, 0.05) is 11.8 Å². The van der Waals surface area contributed by atoms with Crippen molar-refractivity contribution in [3.63, 3.8) is 0 Å². The molecule has 0 spiro atoms. The predicted molar refractivity (Wildman–Crippen MR) is 173 cm³/mol. The van der Waals surface area contributed by atoms with Crippen LogP contribution in [0.4, 0.5) is 13.2 Å². The molecule has 0 amide bonds. The Hall–Kier alpha value is -3.25. The molecule has 0 aliphatic carbocycles. The van der Waals surface area contributed by atoms with Crippen molar-refractivity contribution in [2.75, 3.05) is 7.11 Å². The highest BCUT2D eigenvalue weighted by Crippen LogP contribution is 2.33. The SMILES string of the molecule is COc1ccc(C(CCCCc2ccc3ccc(C(Cc4ccccc4)OS(=O)(=O)C(F)(F)F)nc3c2)O[SiH2]C(C)(C)C)cc1. The van der Waals surface area contributed by atoms with Crippen molar-refractivity contribution in [3.05, 3.63) is 107 Å². The van der Waals surface area contributed by atoms with Crippen molar-refractivity contribution in [2.45, 2.75) is 75.6 Å². The van der Waals surface area contributed by atoms with Crippen LogP contribution in [0.25, 0.3) is 10.9 Å². The van der Waals surface area contributed by atoms with E-state index in [2.05, 4.69) is 37.9 Å². The van der Waals surface area contributed by atoms with E-state index in [1.54, 1.807) is 43.5 Å². The van der Waals surface area contributed by atoms with Gasteiger partial charge in [-0.25, -0.2) is 4.98 Å². The lowest BCUT2D eigenvalue weighted by molar-refractivity contribution is -0.0576. The Morgan fingerprint density at radius 1 is 0.844 bits per heavy atom. The summed E-state index contributed by atoms with van der Waals surface area (Å²) in [7, 11) is -4.96. The number of ether oxygens (including phenoxy) is 1. The first-order valence-corrected chi connectivity index (χ1v) is 17.6. The molecule has 0 radical (unpaired) electrons. The first kappa shape index (κ1) is 34.6. The molecule has 11 heteroatoms. The van der Waals surface area contributed by atoms with Gasteiger partial charge in [0.2, 0.25) is 0 Å². The first-order valence-electron chi connectivity index (χ1n) is 14.9. The van der Waals surface area contributed by atoms with Gasteiger partial charge >= 0.3 is 15.6 Å². The van der Waals surface area contributed by atoms with Crippen molar-refractivity contribution in [3.8, 4) is 5.75 Å². The van der Waals surface area contributed by atoms with E-state index in [1.807, 2.05) is 30.3 Å². The molecule has 0 aliphatic rings. The molecular weight excluding hydrogens is 620 g/mol. The fraction of sp³-hybridized carbons (Fsp3) is 0.382. The number of aromatic nitrogens is 1. The number of aryl methyl sites for hydroxylation is 1. The molecule has 0 N–H and O–H groups in total. The van der Waals surface area contributed by atoms with E-state index in [1.165, 1.54) is 6.07 Å². The Kier molecular flexibility index (Phi) is 11.5. The minimum Gasteiger partial charge on any atom is -0.497 e. The fourth-order valence-electron chi connectivity index (χ4n) is 4.91. The molecular formula is C34H40F3NO5SSi. The number of hydrogen-bond donors (Lipinski definition) is 0. The zero-order valence-electron chi connectivity index (χ0n) is 26.0. The maximum atomic E-state index is 13.2. The monoisotopic (exact) mass is 659 g/mol. The number of nitrogens with zero attached hydrogens (tertiary/aromatic N) is 1. The second-order valence-electron chi connectivity index (χ2n) is 12.3. The third-order valence-electron chi connectivity index (χ3n) is 7.29. The third-order valence-corrected chi connectivity index (χ3v) is 9.77. The number of benzene rings is 3. The van der Waals surface area contributed by atoms with Crippen LogP contribution in [0.15, 0.2) is 84.9 Å². The van der Waals surface area contributed by atoms with Crippen LogP contribution in [0.1, 0.15) is 74.6 Å². The van der Waals surface area contributed by atoms with Crippen LogP contribution >= 0.6 is 0 Å². The van der Waals surface area contributed by atoms with Crippen molar-refractivity contribution >= 4 is 30.8 Å². The van der Waals surface area contributed by atoms with Gasteiger partial charge in [0.1, 0.15) is 11.9 Å². The van der Waals surface area contributed by atoms with Gasteiger partial charge in [-0.1, -0.05) is 87.9 Å². The molecule has 3 aromatic carbocycles. The lowest BCUT2D eigenvalue weighted by Gasteiger charge is -2.24. The van der Waals surface area contributed by atoms with Crippen molar-refractivity contribution in [1.82, 2.24) is 4.98 Å². The smallest absolute Gasteiger partial charge is 0.497 e. The fourth-order valence-corrected chi connectivity index (χ4v) is 6.55. The molecule has 4 aromatic rings. The third kappa shape index (κ3) is 10.1. The quantitative estimate of drug-likeness (QED) is 0.0589.